The van der Waals surface area contributed by atoms with Crippen molar-refractivity contribution in [3.05, 3.63) is 29.8 Å². The number of carbonyl (C=O) groups excluding carboxylic acids is 6. The van der Waals surface area contributed by atoms with E-state index in [4.69, 9.17) is 34.2 Å². The molecule has 43 heavy (non-hydrogen) atoms. The van der Waals surface area contributed by atoms with E-state index in [9.17, 15) is 33.9 Å². The molecule has 1 aliphatic heterocycles. The number of phenolic OH excluding ortho intramolecular Hbond substituents is 1. The molecule has 1 saturated heterocycles. The summed E-state index contributed by atoms with van der Waals surface area (Å²) >= 11 is 0.892. The van der Waals surface area contributed by atoms with Crippen molar-refractivity contribution in [3.63, 3.8) is 0 Å². The van der Waals surface area contributed by atoms with Gasteiger partial charge in [-0.1, -0.05) is 12.1 Å². The minimum atomic E-state index is -1.39. The molecular weight excluding hydrogens is 592 g/mol. The monoisotopic (exact) mass is 628 g/mol. The topological polar surface area (TPSA) is 216 Å². The molecule has 238 valence electrons. The molecule has 0 unspecified atom stereocenters. The van der Waals surface area contributed by atoms with Crippen LogP contribution in [0.25, 0.3) is 0 Å². The second-order valence-electron chi connectivity index (χ2n) is 9.46. The number of hydrogen-bond donors (Lipinski definition) is 3. The molecule has 1 aliphatic rings. The van der Waals surface area contributed by atoms with Gasteiger partial charge in [0.15, 0.2) is 18.3 Å². The van der Waals surface area contributed by atoms with Crippen molar-refractivity contribution in [2.24, 2.45) is 5.73 Å². The second kappa shape index (κ2) is 16.7. The summed E-state index contributed by atoms with van der Waals surface area (Å²) in [6.07, 6.45) is -5.15. The van der Waals surface area contributed by atoms with Gasteiger partial charge in [-0.05, 0) is 24.1 Å². The standard InChI is InChI=1S/C27H36N2O13S/c1-13(30)38-11-21-22(39-14(2)31)23(40-15(3)32)24(41-16(4)33)27(42-21)43-12-20(26(36)37-5)29-25(35)19(28)10-17-6-8-18(34)9-7-17/h6-9,19-24,27,34H,10-12,28H2,1-5H3,(H,29,35)/t19-,20-,21+,22+,23-,24+,27+/m0/s1. The van der Waals surface area contributed by atoms with Gasteiger partial charge in [0.1, 0.15) is 29.9 Å². The molecule has 16 heteroatoms. The fraction of sp³-hybridized carbons (Fsp3) is 0.556. The predicted molar refractivity (Wildman–Crippen MR) is 148 cm³/mol. The molecule has 4 N–H and O–H groups in total. The molecule has 0 radical (unpaired) electrons. The van der Waals surface area contributed by atoms with E-state index < -0.39 is 84.3 Å². The fourth-order valence-electron chi connectivity index (χ4n) is 4.08. The average molecular weight is 629 g/mol. The van der Waals surface area contributed by atoms with Crippen LogP contribution >= 0.6 is 11.8 Å². The van der Waals surface area contributed by atoms with Gasteiger partial charge >= 0.3 is 29.8 Å². The van der Waals surface area contributed by atoms with E-state index in [1.807, 2.05) is 0 Å². The Labute approximate surface area is 252 Å². The number of rotatable bonds is 13. The van der Waals surface area contributed by atoms with Gasteiger partial charge in [0, 0.05) is 33.4 Å². The first kappa shape index (κ1) is 35.3. The molecule has 1 heterocycles. The van der Waals surface area contributed by atoms with Crippen LogP contribution in [-0.2, 0) is 63.6 Å². The number of carbonyl (C=O) groups is 6. The minimum absolute atomic E-state index is 0.0479. The number of esters is 5. The van der Waals surface area contributed by atoms with Crippen molar-refractivity contribution in [1.29, 1.82) is 0 Å². The number of phenols is 1. The number of benzene rings is 1. The maximum absolute atomic E-state index is 12.9. The lowest BCUT2D eigenvalue weighted by atomic mass is 9.99. The maximum atomic E-state index is 12.9. The molecule has 1 aromatic rings. The molecule has 7 atom stereocenters. The Hall–Kier alpha value is -3.89. The third-order valence-electron chi connectivity index (χ3n) is 5.91. The third kappa shape index (κ3) is 11.4. The minimum Gasteiger partial charge on any atom is -0.508 e. The van der Waals surface area contributed by atoms with Crippen LogP contribution in [0, 0.1) is 0 Å². The first-order chi connectivity index (χ1) is 20.2. The summed E-state index contributed by atoms with van der Waals surface area (Å²) in [5.74, 6) is -4.66. The van der Waals surface area contributed by atoms with E-state index in [2.05, 4.69) is 5.32 Å². The fourth-order valence-corrected chi connectivity index (χ4v) is 5.31. The largest absolute Gasteiger partial charge is 0.508 e. The normalized spacial score (nSPS) is 22.7. The SMILES string of the molecule is COC(=O)[C@H](CS[C@H]1O[C@H](COC(C)=O)[C@@H](OC(C)=O)[C@H](OC(C)=O)[C@H]1OC(C)=O)NC(=O)[C@@H](N)Cc1ccc(O)cc1. The molecule has 0 bridgehead atoms. The highest BCUT2D eigenvalue weighted by molar-refractivity contribution is 7.99. The van der Waals surface area contributed by atoms with E-state index in [1.165, 1.54) is 12.1 Å². The third-order valence-corrected chi connectivity index (χ3v) is 7.14. The molecule has 15 nitrogen and oxygen atoms in total. The highest BCUT2D eigenvalue weighted by Crippen LogP contribution is 2.34. The van der Waals surface area contributed by atoms with E-state index >= 15 is 0 Å². The van der Waals surface area contributed by atoms with Gasteiger partial charge in [-0.25, -0.2) is 4.79 Å². The molecule has 1 fully saturated rings. The van der Waals surface area contributed by atoms with Crippen LogP contribution in [-0.4, -0.2) is 102 Å². The summed E-state index contributed by atoms with van der Waals surface area (Å²) in [5.41, 5.74) is 5.54. The predicted octanol–water partition coefficient (Wildman–Crippen LogP) is -0.264. The highest BCUT2D eigenvalue weighted by atomic mass is 32.2. The number of aromatic hydroxyl groups is 1. The summed E-state index contributed by atoms with van der Waals surface area (Å²) in [5, 5.41) is 12.0. The number of nitrogens with one attached hydrogen (secondary N) is 1. The quantitative estimate of drug-likeness (QED) is 0.189. The molecule has 0 aliphatic carbocycles. The van der Waals surface area contributed by atoms with Crippen molar-refractivity contribution >= 4 is 47.5 Å². The van der Waals surface area contributed by atoms with Crippen LogP contribution in [0.5, 0.6) is 5.75 Å². The zero-order valence-electron chi connectivity index (χ0n) is 24.3. The average Bonchev–Trinajstić information content (AvgIpc) is 2.92. The van der Waals surface area contributed by atoms with Crippen LogP contribution in [0.4, 0.5) is 0 Å². The lowest BCUT2D eigenvalue weighted by Crippen LogP contribution is -2.62. The summed E-state index contributed by atoms with van der Waals surface area (Å²) < 4.78 is 32.0. The molecular formula is C27H36N2O13S. The van der Waals surface area contributed by atoms with Crippen molar-refractivity contribution in [2.75, 3.05) is 19.5 Å². The van der Waals surface area contributed by atoms with Crippen molar-refractivity contribution in [1.82, 2.24) is 5.32 Å². The van der Waals surface area contributed by atoms with Crippen molar-refractivity contribution in [3.8, 4) is 5.75 Å². The molecule has 0 saturated carbocycles. The Morgan fingerprint density at radius 3 is 2.00 bits per heavy atom. The second-order valence-corrected chi connectivity index (χ2v) is 10.6. The molecule has 1 aromatic carbocycles. The highest BCUT2D eigenvalue weighted by Gasteiger charge is 2.52. The smallest absolute Gasteiger partial charge is 0.329 e. The van der Waals surface area contributed by atoms with Gasteiger partial charge in [-0.15, -0.1) is 11.8 Å². The summed E-state index contributed by atoms with van der Waals surface area (Å²) in [7, 11) is 1.12. The van der Waals surface area contributed by atoms with Crippen molar-refractivity contribution < 1.29 is 62.3 Å². The van der Waals surface area contributed by atoms with Gasteiger partial charge in [0.05, 0.1) is 13.2 Å². The molecule has 2 rings (SSSR count). The molecule has 0 spiro atoms. The zero-order valence-corrected chi connectivity index (χ0v) is 25.1. The molecule has 0 aromatic heterocycles. The van der Waals surface area contributed by atoms with Crippen LogP contribution in [0.2, 0.25) is 0 Å². The van der Waals surface area contributed by atoms with Gasteiger partial charge in [-0.3, -0.25) is 24.0 Å². The Bertz CT molecular complexity index is 1160. The first-order valence-corrected chi connectivity index (χ1v) is 14.1. The maximum Gasteiger partial charge on any atom is 0.329 e. The van der Waals surface area contributed by atoms with Crippen molar-refractivity contribution in [2.45, 2.75) is 76.1 Å². The van der Waals surface area contributed by atoms with Gasteiger partial charge < -0.3 is 44.6 Å². The lowest BCUT2D eigenvalue weighted by Gasteiger charge is -2.44. The van der Waals surface area contributed by atoms with E-state index in [0.717, 1.165) is 46.6 Å². The Morgan fingerprint density at radius 2 is 1.47 bits per heavy atom. The Balaban J connectivity index is 2.30. The van der Waals surface area contributed by atoms with E-state index in [1.54, 1.807) is 12.1 Å². The number of hydrogen-bond acceptors (Lipinski definition) is 15. The van der Waals surface area contributed by atoms with Crippen LogP contribution in [0.15, 0.2) is 24.3 Å². The number of thioether (sulfide) groups is 1. The first-order valence-electron chi connectivity index (χ1n) is 13.1. The van der Waals surface area contributed by atoms with Gasteiger partial charge in [-0.2, -0.15) is 0 Å². The van der Waals surface area contributed by atoms with Gasteiger partial charge in [0.2, 0.25) is 5.91 Å². The lowest BCUT2D eigenvalue weighted by molar-refractivity contribution is -0.237. The number of ether oxygens (including phenoxy) is 6. The van der Waals surface area contributed by atoms with Crippen LogP contribution < -0.4 is 11.1 Å². The van der Waals surface area contributed by atoms with E-state index in [0.29, 0.717) is 5.56 Å². The number of nitrogens with two attached hydrogens (primary N) is 1. The number of amides is 1. The zero-order chi connectivity index (χ0) is 32.3. The summed E-state index contributed by atoms with van der Waals surface area (Å²) in [6.45, 7) is 4.03. The summed E-state index contributed by atoms with van der Waals surface area (Å²) in [4.78, 5) is 72.9. The van der Waals surface area contributed by atoms with Crippen LogP contribution in [0.1, 0.15) is 33.3 Å². The van der Waals surface area contributed by atoms with E-state index in [-0.39, 0.29) is 17.9 Å². The molecule has 1 amide bonds. The summed E-state index contributed by atoms with van der Waals surface area (Å²) in [6, 6.07) is 3.77. The Kier molecular flexibility index (Phi) is 13.7. The van der Waals surface area contributed by atoms with Gasteiger partial charge in [0.25, 0.3) is 0 Å². The van der Waals surface area contributed by atoms with Crippen LogP contribution in [0.3, 0.4) is 0 Å². The Morgan fingerprint density at radius 1 is 0.907 bits per heavy atom. The number of methoxy groups -OCH3 is 1.